The molecule has 0 saturated heterocycles. The summed E-state index contributed by atoms with van der Waals surface area (Å²) in [4.78, 5) is 21.8. The summed E-state index contributed by atoms with van der Waals surface area (Å²) >= 11 is 1.75. The molecule has 0 atom stereocenters. The van der Waals surface area contributed by atoms with E-state index in [1.165, 1.54) is 21.5 Å². The third-order valence-corrected chi connectivity index (χ3v) is 3.44. The standard InChI is InChI=1S/2C9H7.2C3H4O2.CH2.Ti/c2*1-2-5-9-7-3-6-8(9)4-1;2*1-2-3(4)5;;/h2*1-7H;2*2H,1H2,(H,4,5);1H2;/q2*-1;;;;+2. The van der Waals surface area contributed by atoms with E-state index in [1.807, 2.05) is 0 Å². The zero-order valence-corrected chi connectivity index (χ0v) is 18.1. The Kier molecular flexibility index (Phi) is 14.8. The third-order valence-electron chi connectivity index (χ3n) is 3.44. The Bertz CT molecular complexity index is 899. The van der Waals surface area contributed by atoms with Gasteiger partial charge in [0.05, 0.1) is 0 Å². The Morgan fingerprint density at radius 1 is 0.700 bits per heavy atom. The zero-order valence-electron chi connectivity index (χ0n) is 16.6. The number of carboxylic acid groups (broad SMARTS) is 2. The fraction of sp³-hybridized carbons (Fsp3) is 0. The summed E-state index contributed by atoms with van der Waals surface area (Å²) in [6.45, 7) is 5.92. The minimum atomic E-state index is -0.981. The average Bonchev–Trinajstić information content (AvgIpc) is 3.45. The smallest absolute Gasteiger partial charge is 0.0809 e. The molecule has 30 heavy (non-hydrogen) atoms. The fourth-order valence-electron chi connectivity index (χ4n) is 2.14. The van der Waals surface area contributed by atoms with Gasteiger partial charge in [0.25, 0.3) is 0 Å². The molecule has 0 aliphatic carbocycles. The van der Waals surface area contributed by atoms with Crippen LogP contribution in [0.5, 0.6) is 0 Å². The molecule has 0 aliphatic rings. The molecule has 5 heteroatoms. The first-order valence-corrected chi connectivity index (χ1v) is 9.85. The van der Waals surface area contributed by atoms with Gasteiger partial charge in [-0.2, -0.15) is 35.0 Å². The fourth-order valence-corrected chi connectivity index (χ4v) is 2.14. The van der Waals surface area contributed by atoms with Gasteiger partial charge in [-0.15, -0.1) is 59.3 Å². The van der Waals surface area contributed by atoms with Gasteiger partial charge in [-0.05, 0) is 0 Å². The van der Waals surface area contributed by atoms with Crippen molar-refractivity contribution in [3.63, 3.8) is 0 Å². The summed E-state index contributed by atoms with van der Waals surface area (Å²) in [6.07, 6.45) is 1.67. The largest absolute Gasteiger partial charge is 0.168 e. The summed E-state index contributed by atoms with van der Waals surface area (Å²) in [7, 11) is 0. The van der Waals surface area contributed by atoms with Crippen LogP contribution >= 0.6 is 0 Å². The molecule has 0 aromatic heterocycles. The molecule has 0 radical (unpaired) electrons. The number of aliphatic carboxylic acids is 2. The van der Waals surface area contributed by atoms with E-state index in [0.29, 0.717) is 0 Å². The molecule has 152 valence electrons. The Labute approximate surface area is 188 Å². The molecule has 2 N–H and O–H groups in total. The Hall–Kier alpha value is -3.34. The molecule has 4 aromatic carbocycles. The number of carbonyl (C=O) groups is 2. The maximum atomic E-state index is 9.25. The van der Waals surface area contributed by atoms with Crippen molar-refractivity contribution >= 4 is 38.3 Å². The number of hydrogen-bond donors (Lipinski definition) is 2. The van der Waals surface area contributed by atoms with Crippen LogP contribution in [0.25, 0.3) is 21.5 Å². The molecule has 0 fully saturated rings. The van der Waals surface area contributed by atoms with Gasteiger partial charge in [0.2, 0.25) is 0 Å². The van der Waals surface area contributed by atoms with E-state index in [2.05, 4.69) is 103 Å². The van der Waals surface area contributed by atoms with Crippen LogP contribution in [0.1, 0.15) is 0 Å². The van der Waals surface area contributed by atoms with Gasteiger partial charge in [0, 0.05) is 12.2 Å². The van der Waals surface area contributed by atoms with Crippen LogP contribution in [-0.4, -0.2) is 27.0 Å². The van der Waals surface area contributed by atoms with Crippen molar-refractivity contribution in [3.8, 4) is 0 Å². The molecule has 4 nitrogen and oxygen atoms in total. The van der Waals surface area contributed by atoms with E-state index in [-0.39, 0.29) is 0 Å². The van der Waals surface area contributed by atoms with Crippen LogP contribution in [0.15, 0.2) is 110 Å². The molecular weight excluding hydrogens is 412 g/mol. The second-order valence-electron chi connectivity index (χ2n) is 5.39. The van der Waals surface area contributed by atoms with E-state index < -0.39 is 11.9 Å². The summed E-state index contributed by atoms with van der Waals surface area (Å²) in [5.74, 6) is -1.96. The molecule has 0 saturated carbocycles. The van der Waals surface area contributed by atoms with Crippen molar-refractivity contribution in [1.29, 1.82) is 0 Å². The van der Waals surface area contributed by atoms with E-state index in [1.54, 1.807) is 20.0 Å². The van der Waals surface area contributed by atoms with Gasteiger partial charge in [-0.1, -0.05) is 25.3 Å². The summed E-state index contributed by atoms with van der Waals surface area (Å²) in [6, 6.07) is 29.3. The first kappa shape index (κ1) is 26.7. The van der Waals surface area contributed by atoms with Crippen LogP contribution in [0.4, 0.5) is 0 Å². The second kappa shape index (κ2) is 16.6. The SMILES string of the molecule is C=CC(=O)O.C=CC(=O)O.[CH2]=[Ti+2].c1ccc2[cH-]ccc2c1.c1ccc2[cH-]ccc2c1. The number of rotatable bonds is 2. The molecule has 4 rings (SSSR count). The second-order valence-corrected chi connectivity index (χ2v) is 5.39. The number of carboxylic acids is 2. The molecule has 0 amide bonds. The first-order chi connectivity index (χ1) is 14.5. The first-order valence-electron chi connectivity index (χ1n) is 8.75. The number of benzene rings is 2. The van der Waals surface area contributed by atoms with Crippen molar-refractivity contribution < 1.29 is 39.8 Å². The van der Waals surface area contributed by atoms with Crippen LogP contribution in [0.3, 0.4) is 0 Å². The van der Waals surface area contributed by atoms with E-state index in [9.17, 15) is 9.59 Å². The summed E-state index contributed by atoms with van der Waals surface area (Å²) < 4.78 is 0. The number of fused-ring (bicyclic) bond motifs is 2. The Morgan fingerprint density at radius 3 is 1.27 bits per heavy atom. The van der Waals surface area contributed by atoms with Crippen molar-refractivity contribution in [2.75, 3.05) is 0 Å². The van der Waals surface area contributed by atoms with Crippen molar-refractivity contribution in [2.45, 2.75) is 0 Å². The molecule has 0 bridgehead atoms. The third kappa shape index (κ3) is 11.5. The number of hydrogen-bond acceptors (Lipinski definition) is 2. The molecule has 0 aliphatic heterocycles. The molecule has 0 unspecified atom stereocenters. The summed E-state index contributed by atoms with van der Waals surface area (Å²) in [5, 5.41) is 20.5. The Balaban J connectivity index is 0.000000379. The van der Waals surface area contributed by atoms with Crippen molar-refractivity contribution in [2.24, 2.45) is 0 Å². The van der Waals surface area contributed by atoms with Crippen LogP contribution in [0, 0.1) is 0 Å². The zero-order chi connectivity index (χ0) is 22.8. The monoisotopic (exact) mass is 436 g/mol. The molecule has 4 aromatic rings. The Morgan fingerprint density at radius 2 is 1.00 bits per heavy atom. The van der Waals surface area contributed by atoms with Gasteiger partial charge >= 0.3 is 36.7 Å². The van der Waals surface area contributed by atoms with Crippen molar-refractivity contribution in [1.82, 2.24) is 0 Å². The van der Waals surface area contributed by atoms with Crippen molar-refractivity contribution in [3.05, 3.63) is 110 Å². The van der Waals surface area contributed by atoms with Crippen LogP contribution < -0.4 is 0 Å². The molecule has 0 heterocycles. The van der Waals surface area contributed by atoms with Crippen LogP contribution in [-0.2, 0) is 29.6 Å². The molecule has 0 spiro atoms. The maximum Gasteiger partial charge on any atom is -0.0809 e. The minimum Gasteiger partial charge on any atom is -0.168 e. The van der Waals surface area contributed by atoms with Crippen LogP contribution in [0.2, 0.25) is 0 Å². The normalized spacial score (nSPS) is 8.47. The van der Waals surface area contributed by atoms with E-state index in [0.717, 1.165) is 12.2 Å². The quantitative estimate of drug-likeness (QED) is 0.244. The van der Waals surface area contributed by atoms with Gasteiger partial charge in [-0.25, -0.2) is 9.59 Å². The van der Waals surface area contributed by atoms with E-state index >= 15 is 0 Å². The topological polar surface area (TPSA) is 74.6 Å². The van der Waals surface area contributed by atoms with Gasteiger partial charge < -0.3 is 10.2 Å². The predicted octanol–water partition coefficient (Wildman–Crippen LogP) is 5.60. The maximum absolute atomic E-state index is 9.25. The average molecular weight is 436 g/mol. The summed E-state index contributed by atoms with van der Waals surface area (Å²) in [5.41, 5.74) is 0. The van der Waals surface area contributed by atoms with Gasteiger partial charge in [0.1, 0.15) is 0 Å². The minimum absolute atomic E-state index is 0.833. The van der Waals surface area contributed by atoms with Gasteiger partial charge in [-0.3, -0.25) is 0 Å². The van der Waals surface area contributed by atoms with Gasteiger partial charge in [0.15, 0.2) is 0 Å². The van der Waals surface area contributed by atoms with E-state index in [4.69, 9.17) is 10.2 Å². The molecular formula is C25H24O4Ti. The predicted molar refractivity (Wildman–Crippen MR) is 122 cm³/mol.